The lowest BCUT2D eigenvalue weighted by Gasteiger charge is -2.11. The number of aromatic nitrogens is 4. The van der Waals surface area contributed by atoms with Crippen molar-refractivity contribution in [2.45, 2.75) is 19.9 Å². The van der Waals surface area contributed by atoms with Crippen molar-refractivity contribution in [2.24, 2.45) is 7.05 Å². The van der Waals surface area contributed by atoms with E-state index in [1.54, 1.807) is 28.9 Å². The quantitative estimate of drug-likeness (QED) is 0.469. The highest BCUT2D eigenvalue weighted by molar-refractivity contribution is 6.06. The highest BCUT2D eigenvalue weighted by atomic mass is 16.2. The molecular formula is C23H22N6O3. The molecule has 0 bridgehead atoms. The van der Waals surface area contributed by atoms with Crippen molar-refractivity contribution < 1.29 is 9.59 Å². The molecule has 0 aliphatic carbocycles. The number of benzene rings is 2. The predicted octanol–water partition coefficient (Wildman–Crippen LogP) is 1.82. The molecule has 0 unspecified atom stereocenters. The van der Waals surface area contributed by atoms with Crippen LogP contribution in [-0.4, -0.2) is 31.4 Å². The van der Waals surface area contributed by atoms with Crippen LogP contribution in [0.3, 0.4) is 0 Å². The van der Waals surface area contributed by atoms with Gasteiger partial charge in [-0.15, -0.1) is 0 Å². The largest absolute Gasteiger partial charge is 0.290 e. The number of carbonyl (C=O) groups is 2. The fourth-order valence-electron chi connectivity index (χ4n) is 3.57. The molecule has 32 heavy (non-hydrogen) atoms. The number of hydrogen-bond donors (Lipinski definition) is 2. The topological polar surface area (TPSA) is 111 Å². The van der Waals surface area contributed by atoms with Crippen LogP contribution >= 0.6 is 0 Å². The Morgan fingerprint density at radius 2 is 1.59 bits per heavy atom. The molecule has 162 valence electrons. The minimum absolute atomic E-state index is 0.0403. The first kappa shape index (κ1) is 21.0. The van der Waals surface area contributed by atoms with E-state index in [4.69, 9.17) is 0 Å². The van der Waals surface area contributed by atoms with E-state index in [1.807, 2.05) is 37.3 Å². The van der Waals surface area contributed by atoms with Crippen LogP contribution in [0.15, 0.2) is 65.6 Å². The molecule has 2 N–H and O–H groups in total. The molecule has 4 rings (SSSR count). The van der Waals surface area contributed by atoms with E-state index in [0.717, 1.165) is 15.9 Å². The fourth-order valence-corrected chi connectivity index (χ4v) is 3.57. The zero-order valence-electron chi connectivity index (χ0n) is 17.7. The number of hydrogen-bond acceptors (Lipinski definition) is 5. The van der Waals surface area contributed by atoms with Gasteiger partial charge in [-0.3, -0.25) is 29.9 Å². The average Bonchev–Trinajstić information content (AvgIpc) is 3.22. The van der Waals surface area contributed by atoms with Gasteiger partial charge in [0.05, 0.1) is 29.4 Å². The Labute approximate surface area is 183 Å². The minimum Gasteiger partial charge on any atom is -0.267 e. The maximum atomic E-state index is 12.8. The van der Waals surface area contributed by atoms with Gasteiger partial charge >= 0.3 is 0 Å². The third-order valence-electron chi connectivity index (χ3n) is 5.16. The Morgan fingerprint density at radius 3 is 2.31 bits per heavy atom. The summed E-state index contributed by atoms with van der Waals surface area (Å²) in [4.78, 5) is 37.7. The number of fused-ring (bicyclic) bond motifs is 1. The third kappa shape index (κ3) is 4.00. The number of rotatable bonds is 5. The van der Waals surface area contributed by atoms with Crippen molar-refractivity contribution in [3.8, 4) is 0 Å². The summed E-state index contributed by atoms with van der Waals surface area (Å²) in [7, 11) is 1.47. The zero-order valence-corrected chi connectivity index (χ0v) is 17.7. The molecule has 0 saturated carbocycles. The van der Waals surface area contributed by atoms with Crippen molar-refractivity contribution in [2.75, 3.05) is 0 Å². The average molecular weight is 430 g/mol. The van der Waals surface area contributed by atoms with Gasteiger partial charge in [-0.2, -0.15) is 10.2 Å². The standard InChI is InChI=1S/C23H22N6O3/c1-3-19-18(13-24-29(19)14-15-9-5-4-6-10-15)21(30)25-26-22(31)20-16-11-7-8-12-17(16)23(32)28(2)27-20/h4-13H,3,14H2,1-2H3,(H,25,30)(H,26,31). The molecule has 0 aliphatic heterocycles. The molecule has 2 heterocycles. The van der Waals surface area contributed by atoms with Crippen LogP contribution in [0.5, 0.6) is 0 Å². The van der Waals surface area contributed by atoms with Crippen molar-refractivity contribution in [1.29, 1.82) is 0 Å². The number of hydrazine groups is 1. The molecule has 0 aliphatic rings. The van der Waals surface area contributed by atoms with Gasteiger partial charge in [0.15, 0.2) is 5.69 Å². The first-order valence-electron chi connectivity index (χ1n) is 10.1. The molecule has 0 spiro atoms. The Bertz CT molecular complexity index is 1360. The van der Waals surface area contributed by atoms with Crippen LogP contribution < -0.4 is 16.4 Å². The molecule has 0 fully saturated rings. The van der Waals surface area contributed by atoms with Crippen LogP contribution in [0, 0.1) is 0 Å². The van der Waals surface area contributed by atoms with Crippen LogP contribution in [0.4, 0.5) is 0 Å². The molecular weight excluding hydrogens is 408 g/mol. The lowest BCUT2D eigenvalue weighted by atomic mass is 10.1. The fraction of sp³-hybridized carbons (Fsp3) is 0.174. The molecule has 2 aromatic heterocycles. The molecule has 0 saturated heterocycles. The number of aryl methyl sites for hydroxylation is 1. The van der Waals surface area contributed by atoms with E-state index in [-0.39, 0.29) is 11.3 Å². The van der Waals surface area contributed by atoms with Crippen LogP contribution in [0.1, 0.15) is 39.0 Å². The van der Waals surface area contributed by atoms with E-state index >= 15 is 0 Å². The van der Waals surface area contributed by atoms with Gasteiger partial charge in [0.1, 0.15) is 0 Å². The van der Waals surface area contributed by atoms with Gasteiger partial charge in [-0.05, 0) is 18.1 Å². The molecule has 9 heteroatoms. The monoisotopic (exact) mass is 430 g/mol. The summed E-state index contributed by atoms with van der Waals surface area (Å²) >= 11 is 0. The lowest BCUT2D eigenvalue weighted by molar-refractivity contribution is 0.0843. The SMILES string of the molecule is CCc1c(C(=O)NNC(=O)c2nn(C)c(=O)c3ccccc23)cnn1Cc1ccccc1. The predicted molar refractivity (Wildman–Crippen MR) is 119 cm³/mol. The zero-order chi connectivity index (χ0) is 22.7. The second-order valence-corrected chi connectivity index (χ2v) is 7.23. The summed E-state index contributed by atoms with van der Waals surface area (Å²) in [5.41, 5.74) is 6.76. The first-order chi connectivity index (χ1) is 15.5. The van der Waals surface area contributed by atoms with E-state index in [9.17, 15) is 14.4 Å². The summed E-state index contributed by atoms with van der Waals surface area (Å²) in [5, 5.41) is 9.19. The lowest BCUT2D eigenvalue weighted by Crippen LogP contribution is -2.43. The summed E-state index contributed by atoms with van der Waals surface area (Å²) in [6.07, 6.45) is 2.08. The van der Waals surface area contributed by atoms with E-state index < -0.39 is 11.8 Å². The molecule has 2 amide bonds. The van der Waals surface area contributed by atoms with Crippen molar-refractivity contribution in [3.63, 3.8) is 0 Å². The van der Waals surface area contributed by atoms with E-state index in [2.05, 4.69) is 21.0 Å². The highest BCUT2D eigenvalue weighted by Gasteiger charge is 2.19. The minimum atomic E-state index is -0.625. The summed E-state index contributed by atoms with van der Waals surface area (Å²) in [6, 6.07) is 16.5. The molecule has 2 aromatic carbocycles. The van der Waals surface area contributed by atoms with E-state index in [0.29, 0.717) is 29.3 Å². The van der Waals surface area contributed by atoms with Gasteiger partial charge in [0.2, 0.25) is 0 Å². The van der Waals surface area contributed by atoms with Crippen LogP contribution in [-0.2, 0) is 20.0 Å². The highest BCUT2D eigenvalue weighted by Crippen LogP contribution is 2.14. The number of carbonyl (C=O) groups excluding carboxylic acids is 2. The van der Waals surface area contributed by atoms with E-state index in [1.165, 1.54) is 13.2 Å². The van der Waals surface area contributed by atoms with Gasteiger partial charge in [-0.25, -0.2) is 4.68 Å². The molecule has 9 nitrogen and oxygen atoms in total. The smallest absolute Gasteiger partial charge is 0.267 e. The van der Waals surface area contributed by atoms with Gasteiger partial charge in [-0.1, -0.05) is 55.5 Å². The first-order valence-corrected chi connectivity index (χ1v) is 10.1. The molecule has 4 aromatic rings. The second-order valence-electron chi connectivity index (χ2n) is 7.23. The number of nitrogens with one attached hydrogen (secondary N) is 2. The Kier molecular flexibility index (Phi) is 5.80. The van der Waals surface area contributed by atoms with Gasteiger partial charge < -0.3 is 0 Å². The normalized spacial score (nSPS) is 10.8. The maximum absolute atomic E-state index is 12.8. The van der Waals surface area contributed by atoms with Crippen LogP contribution in [0.2, 0.25) is 0 Å². The molecule has 0 radical (unpaired) electrons. The summed E-state index contributed by atoms with van der Waals surface area (Å²) in [6.45, 7) is 2.48. The molecule has 0 atom stereocenters. The summed E-state index contributed by atoms with van der Waals surface area (Å²) in [5.74, 6) is -1.11. The van der Waals surface area contributed by atoms with Gasteiger partial charge in [0.25, 0.3) is 17.4 Å². The Balaban J connectivity index is 1.52. The summed E-state index contributed by atoms with van der Waals surface area (Å²) < 4.78 is 2.87. The van der Waals surface area contributed by atoms with Gasteiger partial charge in [0, 0.05) is 12.4 Å². The third-order valence-corrected chi connectivity index (χ3v) is 5.16. The maximum Gasteiger partial charge on any atom is 0.290 e. The van der Waals surface area contributed by atoms with Crippen LogP contribution in [0.25, 0.3) is 10.8 Å². The Morgan fingerprint density at radius 1 is 0.938 bits per heavy atom. The number of nitrogens with zero attached hydrogens (tertiary/aromatic N) is 4. The van der Waals surface area contributed by atoms with Crippen molar-refractivity contribution in [1.82, 2.24) is 30.4 Å². The Hall–Kier alpha value is -4.27. The number of amides is 2. The van der Waals surface area contributed by atoms with Crippen molar-refractivity contribution >= 4 is 22.6 Å². The van der Waals surface area contributed by atoms with Crippen molar-refractivity contribution in [3.05, 3.63) is 93.7 Å². The second kappa shape index (κ2) is 8.84.